The van der Waals surface area contributed by atoms with Gasteiger partial charge >= 0.3 is 6.03 Å². The molecule has 2 amide bonds. The quantitative estimate of drug-likeness (QED) is 0.375. The highest BCUT2D eigenvalue weighted by molar-refractivity contribution is 6.31. The number of urea groups is 1. The Morgan fingerprint density at radius 3 is 2.67 bits per heavy atom. The molecule has 0 unspecified atom stereocenters. The molecule has 0 atom stereocenters. The minimum atomic E-state index is -0.362. The maximum Gasteiger partial charge on any atom is 0.323 e. The van der Waals surface area contributed by atoms with Crippen molar-refractivity contribution in [3.8, 4) is 22.6 Å². The predicted octanol–water partition coefficient (Wildman–Crippen LogP) is 5.46. The van der Waals surface area contributed by atoms with Gasteiger partial charge in [-0.15, -0.1) is 10.2 Å². The van der Waals surface area contributed by atoms with Crippen LogP contribution >= 0.6 is 11.6 Å². The molecule has 0 spiro atoms. The zero-order valence-electron chi connectivity index (χ0n) is 17.5. The van der Waals surface area contributed by atoms with Crippen molar-refractivity contribution in [3.63, 3.8) is 0 Å². The number of amides is 2. The largest absolute Gasteiger partial charge is 0.323 e. The Hall–Kier alpha value is -4.30. The topological polar surface area (TPSA) is 97.1 Å². The van der Waals surface area contributed by atoms with Gasteiger partial charge in [0.25, 0.3) is 0 Å². The van der Waals surface area contributed by atoms with Gasteiger partial charge in [-0.3, -0.25) is 4.98 Å². The number of halogens is 1. The average molecular weight is 456 g/mol. The lowest BCUT2D eigenvalue weighted by molar-refractivity contribution is 0.262. The molecule has 8 nitrogen and oxygen atoms in total. The number of hydrogen-bond acceptors (Lipinski definition) is 5. The molecule has 5 rings (SSSR count). The second-order valence-corrected chi connectivity index (χ2v) is 7.81. The maximum atomic E-state index is 12.5. The smallest absolute Gasteiger partial charge is 0.308 e. The molecule has 9 heteroatoms. The summed E-state index contributed by atoms with van der Waals surface area (Å²) in [7, 11) is 0. The summed E-state index contributed by atoms with van der Waals surface area (Å²) in [5, 5.41) is 19.4. The summed E-state index contributed by atoms with van der Waals surface area (Å²) in [4.78, 5) is 16.7. The van der Waals surface area contributed by atoms with E-state index < -0.39 is 0 Å². The van der Waals surface area contributed by atoms with E-state index in [4.69, 9.17) is 16.7 Å². The predicted molar refractivity (Wildman–Crippen MR) is 128 cm³/mol. The Bertz CT molecular complexity index is 1470. The Morgan fingerprint density at radius 2 is 1.82 bits per heavy atom. The molecular formula is C24H18ClN7O. The molecule has 2 N–H and O–H groups in total. The van der Waals surface area contributed by atoms with Crippen LogP contribution in [0.3, 0.4) is 0 Å². The molecule has 33 heavy (non-hydrogen) atoms. The van der Waals surface area contributed by atoms with E-state index in [-0.39, 0.29) is 6.03 Å². The van der Waals surface area contributed by atoms with Crippen LogP contribution in [0.5, 0.6) is 0 Å². The Balaban J connectivity index is 1.41. The van der Waals surface area contributed by atoms with Gasteiger partial charge in [-0.1, -0.05) is 29.8 Å². The van der Waals surface area contributed by atoms with Gasteiger partial charge < -0.3 is 10.6 Å². The summed E-state index contributed by atoms with van der Waals surface area (Å²) in [5.74, 6) is 0.602. The number of aromatic nitrogens is 5. The van der Waals surface area contributed by atoms with Crippen molar-refractivity contribution < 1.29 is 4.79 Å². The Kier molecular flexibility index (Phi) is 5.42. The third-order valence-corrected chi connectivity index (χ3v) is 5.28. The minimum absolute atomic E-state index is 0.362. The fraction of sp³-hybridized carbons (Fsp3) is 0.0417. The highest BCUT2D eigenvalue weighted by Gasteiger charge is 2.12. The van der Waals surface area contributed by atoms with Crippen LogP contribution in [0.4, 0.5) is 16.2 Å². The van der Waals surface area contributed by atoms with Crippen LogP contribution in [0.2, 0.25) is 5.02 Å². The molecule has 0 aliphatic carbocycles. The van der Waals surface area contributed by atoms with E-state index in [0.717, 1.165) is 16.7 Å². The molecule has 162 valence electrons. The standard InChI is InChI=1S/C24H18ClN7O/c1-15-7-8-18(25)13-21(15)28-24(33)27-19-6-2-4-16(12-19)20-9-10-22-29-30-23(32(22)31-20)17-5-3-11-26-14-17/h2-14H,1H3,(H2,27,28,33). The lowest BCUT2D eigenvalue weighted by atomic mass is 10.1. The molecule has 0 saturated carbocycles. The van der Waals surface area contributed by atoms with Crippen LogP contribution in [0.15, 0.2) is 79.1 Å². The average Bonchev–Trinajstić information content (AvgIpc) is 3.25. The summed E-state index contributed by atoms with van der Waals surface area (Å²) in [6.45, 7) is 1.90. The van der Waals surface area contributed by atoms with Crippen LogP contribution in [-0.2, 0) is 0 Å². The summed E-state index contributed by atoms with van der Waals surface area (Å²) in [6, 6.07) is 19.9. The molecule has 3 aromatic heterocycles. The van der Waals surface area contributed by atoms with Crippen molar-refractivity contribution in [2.24, 2.45) is 0 Å². The number of hydrogen-bond donors (Lipinski definition) is 2. The SMILES string of the molecule is Cc1ccc(Cl)cc1NC(=O)Nc1cccc(-c2ccc3nnc(-c4cccnc4)n3n2)c1. The fourth-order valence-electron chi connectivity index (χ4n) is 3.39. The van der Waals surface area contributed by atoms with Crippen LogP contribution < -0.4 is 10.6 Å². The molecule has 0 fully saturated rings. The van der Waals surface area contributed by atoms with Crippen molar-refractivity contribution >= 4 is 34.7 Å². The normalized spacial score (nSPS) is 10.8. The van der Waals surface area contributed by atoms with Crippen LogP contribution in [0.1, 0.15) is 5.56 Å². The second-order valence-electron chi connectivity index (χ2n) is 7.37. The van der Waals surface area contributed by atoms with Crippen molar-refractivity contribution in [1.29, 1.82) is 0 Å². The zero-order valence-corrected chi connectivity index (χ0v) is 18.3. The first kappa shape index (κ1) is 20.6. The minimum Gasteiger partial charge on any atom is -0.308 e. The van der Waals surface area contributed by atoms with Crippen molar-refractivity contribution in [3.05, 3.63) is 89.7 Å². The third-order valence-electron chi connectivity index (χ3n) is 5.05. The van der Waals surface area contributed by atoms with Crippen molar-refractivity contribution in [2.45, 2.75) is 6.92 Å². The fourth-order valence-corrected chi connectivity index (χ4v) is 3.56. The first-order valence-corrected chi connectivity index (χ1v) is 10.5. The van der Waals surface area contributed by atoms with Gasteiger partial charge in [0.2, 0.25) is 0 Å². The van der Waals surface area contributed by atoms with E-state index in [1.165, 1.54) is 0 Å². The number of carbonyl (C=O) groups is 1. The first-order valence-electron chi connectivity index (χ1n) is 10.1. The van der Waals surface area contributed by atoms with Crippen LogP contribution in [0.25, 0.3) is 28.3 Å². The molecule has 0 aliphatic rings. The van der Waals surface area contributed by atoms with Gasteiger partial charge in [0.05, 0.1) is 5.69 Å². The second kappa shape index (κ2) is 8.68. The molecule has 3 heterocycles. The monoisotopic (exact) mass is 455 g/mol. The van der Waals surface area contributed by atoms with Crippen LogP contribution in [-0.4, -0.2) is 30.8 Å². The van der Waals surface area contributed by atoms with Crippen molar-refractivity contribution in [1.82, 2.24) is 24.8 Å². The van der Waals surface area contributed by atoms with E-state index in [9.17, 15) is 4.79 Å². The lowest BCUT2D eigenvalue weighted by Crippen LogP contribution is -2.20. The van der Waals surface area contributed by atoms with Gasteiger partial charge in [-0.25, -0.2) is 4.79 Å². The molecule has 0 saturated heterocycles. The van der Waals surface area contributed by atoms with Crippen molar-refractivity contribution in [2.75, 3.05) is 10.6 Å². The molecule has 5 aromatic rings. The lowest BCUT2D eigenvalue weighted by Gasteiger charge is -2.11. The molecule has 2 aromatic carbocycles. The number of carbonyl (C=O) groups excluding carboxylic acids is 1. The number of nitrogens with zero attached hydrogens (tertiary/aromatic N) is 5. The van der Waals surface area contributed by atoms with Gasteiger partial charge in [0.1, 0.15) is 0 Å². The number of nitrogens with one attached hydrogen (secondary N) is 2. The molecular weight excluding hydrogens is 438 g/mol. The first-order chi connectivity index (χ1) is 16.1. The van der Waals surface area contributed by atoms with E-state index in [2.05, 4.69) is 25.8 Å². The summed E-state index contributed by atoms with van der Waals surface area (Å²) in [6.07, 6.45) is 3.42. The number of anilines is 2. The third kappa shape index (κ3) is 4.37. The number of rotatable bonds is 4. The van der Waals surface area contributed by atoms with Gasteiger partial charge in [-0.05, 0) is 61.0 Å². The maximum absolute atomic E-state index is 12.5. The van der Waals surface area contributed by atoms with E-state index in [1.807, 2.05) is 61.5 Å². The Labute approximate surface area is 194 Å². The highest BCUT2D eigenvalue weighted by Crippen LogP contribution is 2.24. The van der Waals surface area contributed by atoms with Gasteiger partial charge in [0, 0.05) is 39.9 Å². The summed E-state index contributed by atoms with van der Waals surface area (Å²) < 4.78 is 1.68. The number of benzene rings is 2. The summed E-state index contributed by atoms with van der Waals surface area (Å²) in [5.41, 5.74) is 5.18. The molecule has 0 bridgehead atoms. The number of pyridine rings is 1. The van der Waals surface area contributed by atoms with E-state index in [1.54, 1.807) is 29.0 Å². The number of fused-ring (bicyclic) bond motifs is 1. The summed E-state index contributed by atoms with van der Waals surface area (Å²) >= 11 is 6.04. The zero-order chi connectivity index (χ0) is 22.8. The van der Waals surface area contributed by atoms with Gasteiger partial charge in [0.15, 0.2) is 11.5 Å². The molecule has 0 aliphatic heterocycles. The number of aryl methyl sites for hydroxylation is 1. The van der Waals surface area contributed by atoms with E-state index >= 15 is 0 Å². The molecule has 0 radical (unpaired) electrons. The Morgan fingerprint density at radius 1 is 0.939 bits per heavy atom. The van der Waals surface area contributed by atoms with Gasteiger partial charge in [-0.2, -0.15) is 9.61 Å². The van der Waals surface area contributed by atoms with E-state index in [0.29, 0.717) is 33.6 Å². The highest BCUT2D eigenvalue weighted by atomic mass is 35.5. The van der Waals surface area contributed by atoms with Crippen LogP contribution in [0, 0.1) is 6.92 Å².